The fraction of sp³-hybridized carbons (Fsp3) is 0.714. The first kappa shape index (κ1) is 15.5. The molecule has 0 spiro atoms. The normalized spacial score (nSPS) is 21.8. The predicted molar refractivity (Wildman–Crippen MR) is 79.0 cm³/mol. The smallest absolute Gasteiger partial charge is 0.212 e. The highest BCUT2D eigenvalue weighted by atomic mass is 32.2. The summed E-state index contributed by atoms with van der Waals surface area (Å²) in [6, 6.07) is 3.69. The van der Waals surface area contributed by atoms with E-state index in [-0.39, 0.29) is 17.7 Å². The van der Waals surface area contributed by atoms with Crippen LogP contribution < -0.4 is 10.0 Å². The van der Waals surface area contributed by atoms with E-state index in [0.717, 1.165) is 44.5 Å². The van der Waals surface area contributed by atoms with Gasteiger partial charge in [0.1, 0.15) is 5.76 Å². The second kappa shape index (κ2) is 7.24. The number of furan rings is 1. The molecule has 6 heteroatoms. The lowest BCUT2D eigenvalue weighted by Gasteiger charge is -2.23. The van der Waals surface area contributed by atoms with E-state index in [0.29, 0.717) is 0 Å². The summed E-state index contributed by atoms with van der Waals surface area (Å²) in [6.45, 7) is 3.71. The molecular weight excluding hydrogens is 276 g/mol. The minimum absolute atomic E-state index is 0.0679. The molecule has 0 aliphatic carbocycles. The van der Waals surface area contributed by atoms with Crippen LogP contribution >= 0.6 is 0 Å². The van der Waals surface area contributed by atoms with Crippen molar-refractivity contribution in [3.05, 3.63) is 24.2 Å². The average Bonchev–Trinajstić information content (AvgIpc) is 2.89. The van der Waals surface area contributed by atoms with Crippen molar-refractivity contribution in [2.24, 2.45) is 5.92 Å². The van der Waals surface area contributed by atoms with Gasteiger partial charge in [0, 0.05) is 12.5 Å². The van der Waals surface area contributed by atoms with E-state index < -0.39 is 10.0 Å². The average molecular weight is 300 g/mol. The molecule has 0 amide bonds. The number of nitrogens with one attached hydrogen (secondary N) is 2. The van der Waals surface area contributed by atoms with Gasteiger partial charge in [0.25, 0.3) is 0 Å². The van der Waals surface area contributed by atoms with Crippen molar-refractivity contribution in [2.75, 3.05) is 18.8 Å². The number of hydrogen-bond acceptors (Lipinski definition) is 4. The fourth-order valence-electron chi connectivity index (χ4n) is 2.60. The summed E-state index contributed by atoms with van der Waals surface area (Å²) < 4.78 is 32.2. The number of piperidine rings is 1. The van der Waals surface area contributed by atoms with Crippen LogP contribution in [-0.2, 0) is 16.4 Å². The van der Waals surface area contributed by atoms with E-state index in [1.165, 1.54) is 0 Å². The second-order valence-electron chi connectivity index (χ2n) is 5.63. The molecule has 1 aromatic heterocycles. The third kappa shape index (κ3) is 5.26. The highest BCUT2D eigenvalue weighted by molar-refractivity contribution is 7.89. The zero-order valence-electron chi connectivity index (χ0n) is 12.0. The molecule has 2 rings (SSSR count). The molecule has 0 bridgehead atoms. The summed E-state index contributed by atoms with van der Waals surface area (Å²) in [6.07, 6.45) is 5.19. The molecule has 0 aromatic carbocycles. The SMILES string of the molecule is CC(CCc1ccco1)NS(=O)(=O)CC1CCCNC1. The van der Waals surface area contributed by atoms with Crippen LogP contribution in [0, 0.1) is 5.92 Å². The Labute approximate surface area is 121 Å². The summed E-state index contributed by atoms with van der Waals surface area (Å²) in [7, 11) is -3.19. The Hall–Kier alpha value is -0.850. The lowest BCUT2D eigenvalue weighted by atomic mass is 10.0. The van der Waals surface area contributed by atoms with Gasteiger partial charge in [-0.05, 0) is 57.3 Å². The number of rotatable bonds is 7. The van der Waals surface area contributed by atoms with Gasteiger partial charge in [-0.15, -0.1) is 0 Å². The Balaban J connectivity index is 1.75. The minimum Gasteiger partial charge on any atom is -0.469 e. The van der Waals surface area contributed by atoms with Gasteiger partial charge in [-0.1, -0.05) is 0 Å². The van der Waals surface area contributed by atoms with Crippen molar-refractivity contribution in [3.63, 3.8) is 0 Å². The van der Waals surface area contributed by atoms with Crippen LogP contribution in [0.25, 0.3) is 0 Å². The zero-order valence-corrected chi connectivity index (χ0v) is 12.8. The third-order valence-corrected chi connectivity index (χ3v) is 5.31. The first-order valence-electron chi connectivity index (χ1n) is 7.28. The van der Waals surface area contributed by atoms with Crippen LogP contribution in [-0.4, -0.2) is 33.3 Å². The van der Waals surface area contributed by atoms with Gasteiger partial charge in [-0.2, -0.15) is 0 Å². The van der Waals surface area contributed by atoms with E-state index in [9.17, 15) is 8.42 Å². The van der Waals surface area contributed by atoms with Gasteiger partial charge in [0.05, 0.1) is 12.0 Å². The van der Waals surface area contributed by atoms with Crippen LogP contribution in [0.4, 0.5) is 0 Å². The van der Waals surface area contributed by atoms with Crippen LogP contribution in [0.3, 0.4) is 0 Å². The van der Waals surface area contributed by atoms with Crippen LogP contribution in [0.5, 0.6) is 0 Å². The van der Waals surface area contributed by atoms with Gasteiger partial charge in [-0.25, -0.2) is 13.1 Å². The van der Waals surface area contributed by atoms with Gasteiger partial charge < -0.3 is 9.73 Å². The molecule has 1 aliphatic heterocycles. The third-order valence-electron chi connectivity index (χ3n) is 3.64. The molecule has 114 valence electrons. The van der Waals surface area contributed by atoms with E-state index in [4.69, 9.17) is 4.42 Å². The maximum atomic E-state index is 12.1. The van der Waals surface area contributed by atoms with Crippen LogP contribution in [0.15, 0.2) is 22.8 Å². The Morgan fingerprint density at radius 1 is 1.55 bits per heavy atom. The molecule has 1 fully saturated rings. The Bertz CT molecular complexity index is 479. The van der Waals surface area contributed by atoms with E-state index >= 15 is 0 Å². The monoisotopic (exact) mass is 300 g/mol. The molecule has 20 heavy (non-hydrogen) atoms. The van der Waals surface area contributed by atoms with Crippen molar-refractivity contribution in [2.45, 2.75) is 38.6 Å². The summed E-state index contributed by atoms with van der Waals surface area (Å²) in [4.78, 5) is 0. The second-order valence-corrected chi connectivity index (χ2v) is 7.43. The lowest BCUT2D eigenvalue weighted by Crippen LogP contribution is -2.40. The summed E-state index contributed by atoms with van der Waals surface area (Å²) >= 11 is 0. The molecule has 2 unspecified atom stereocenters. The molecule has 1 aromatic rings. The van der Waals surface area contributed by atoms with Crippen LogP contribution in [0.1, 0.15) is 31.9 Å². The Kier molecular flexibility index (Phi) is 5.63. The molecule has 2 heterocycles. The maximum absolute atomic E-state index is 12.1. The number of sulfonamides is 1. The molecule has 0 saturated carbocycles. The summed E-state index contributed by atoms with van der Waals surface area (Å²) in [5, 5.41) is 3.25. The van der Waals surface area contributed by atoms with Gasteiger partial charge in [0.2, 0.25) is 10.0 Å². The van der Waals surface area contributed by atoms with Crippen molar-refractivity contribution in [1.82, 2.24) is 10.0 Å². The molecule has 1 saturated heterocycles. The van der Waals surface area contributed by atoms with E-state index in [2.05, 4.69) is 10.0 Å². The van der Waals surface area contributed by atoms with Gasteiger partial charge in [-0.3, -0.25) is 0 Å². The largest absolute Gasteiger partial charge is 0.469 e. The van der Waals surface area contributed by atoms with Crippen molar-refractivity contribution in [3.8, 4) is 0 Å². The molecule has 5 nitrogen and oxygen atoms in total. The Morgan fingerprint density at radius 3 is 3.05 bits per heavy atom. The number of hydrogen-bond donors (Lipinski definition) is 2. The first-order valence-corrected chi connectivity index (χ1v) is 8.93. The van der Waals surface area contributed by atoms with Gasteiger partial charge in [0.15, 0.2) is 0 Å². The summed E-state index contributed by atoms with van der Waals surface area (Å²) in [5.74, 6) is 1.36. The van der Waals surface area contributed by atoms with Crippen LogP contribution in [0.2, 0.25) is 0 Å². The number of aryl methyl sites for hydroxylation is 1. The maximum Gasteiger partial charge on any atom is 0.212 e. The molecule has 2 N–H and O–H groups in total. The topological polar surface area (TPSA) is 71.3 Å². The quantitative estimate of drug-likeness (QED) is 0.801. The van der Waals surface area contributed by atoms with Gasteiger partial charge >= 0.3 is 0 Å². The molecule has 0 radical (unpaired) electrons. The van der Waals surface area contributed by atoms with Crippen molar-refractivity contribution in [1.29, 1.82) is 0 Å². The van der Waals surface area contributed by atoms with Crippen molar-refractivity contribution >= 4 is 10.0 Å². The highest BCUT2D eigenvalue weighted by Crippen LogP contribution is 2.13. The van der Waals surface area contributed by atoms with E-state index in [1.807, 2.05) is 19.1 Å². The van der Waals surface area contributed by atoms with E-state index in [1.54, 1.807) is 6.26 Å². The molecule has 2 atom stereocenters. The lowest BCUT2D eigenvalue weighted by molar-refractivity contribution is 0.401. The standard InChI is InChI=1S/C14H24N2O3S/c1-12(6-7-14-5-3-9-19-14)16-20(17,18)11-13-4-2-8-15-10-13/h3,5,9,12-13,15-16H,2,4,6-8,10-11H2,1H3. The highest BCUT2D eigenvalue weighted by Gasteiger charge is 2.22. The minimum atomic E-state index is -3.19. The Morgan fingerprint density at radius 2 is 2.40 bits per heavy atom. The predicted octanol–water partition coefficient (Wildman–Crippen LogP) is 1.52. The molecule has 1 aliphatic rings. The zero-order chi connectivity index (χ0) is 14.4. The van der Waals surface area contributed by atoms with Crippen molar-refractivity contribution < 1.29 is 12.8 Å². The first-order chi connectivity index (χ1) is 9.55. The summed E-state index contributed by atoms with van der Waals surface area (Å²) in [5.41, 5.74) is 0. The molecular formula is C14H24N2O3S. The fourth-order valence-corrected chi connectivity index (χ4v) is 4.34.